The van der Waals surface area contributed by atoms with Gasteiger partial charge in [-0.05, 0) is 36.8 Å². The summed E-state index contributed by atoms with van der Waals surface area (Å²) in [4.78, 5) is 27.4. The minimum Gasteiger partial charge on any atom is -0.433 e. The summed E-state index contributed by atoms with van der Waals surface area (Å²) in [5.74, 6) is -0.779. The van der Waals surface area contributed by atoms with Crippen LogP contribution in [0.2, 0.25) is 0 Å². The molecule has 190 valence electrons. The molecule has 2 amide bonds. The Balaban J connectivity index is 1.76. The van der Waals surface area contributed by atoms with Gasteiger partial charge in [0, 0.05) is 39.0 Å². The van der Waals surface area contributed by atoms with Crippen molar-refractivity contribution in [2.24, 2.45) is 0 Å². The molecule has 0 bridgehead atoms. The Hall–Kier alpha value is -3.05. The lowest BCUT2D eigenvalue weighted by Gasteiger charge is -2.44. The molecule has 11 heteroatoms. The number of rotatable bonds is 8. The zero-order valence-electron chi connectivity index (χ0n) is 19.8. The van der Waals surface area contributed by atoms with Crippen LogP contribution in [0.25, 0.3) is 0 Å². The van der Waals surface area contributed by atoms with Gasteiger partial charge >= 0.3 is 6.11 Å². The summed E-state index contributed by atoms with van der Waals surface area (Å²) in [6, 6.07) is 12.2. The molecule has 0 unspecified atom stereocenters. The van der Waals surface area contributed by atoms with E-state index >= 15 is 0 Å². The lowest BCUT2D eigenvalue weighted by atomic mass is 10.1. The predicted molar refractivity (Wildman–Crippen MR) is 125 cm³/mol. The highest BCUT2D eigenvalue weighted by Crippen LogP contribution is 2.25. The van der Waals surface area contributed by atoms with Crippen LogP contribution in [0.15, 0.2) is 59.5 Å². The molecule has 35 heavy (non-hydrogen) atoms. The highest BCUT2D eigenvalue weighted by atomic mass is 32.2. The molecular formula is C24H29F2N3O5S. The van der Waals surface area contributed by atoms with Crippen LogP contribution in [-0.2, 0) is 26.2 Å². The largest absolute Gasteiger partial charge is 0.433 e. The number of carbonyl (C=O) groups excluding carboxylic acids is 2. The number of alkyl halides is 2. The van der Waals surface area contributed by atoms with E-state index in [4.69, 9.17) is 0 Å². The number of piperazine rings is 1. The van der Waals surface area contributed by atoms with E-state index in [1.165, 1.54) is 45.6 Å². The number of nitrogens with zero attached hydrogens (tertiary/aromatic N) is 2. The number of nitrogens with one attached hydrogen (secondary N) is 1. The molecule has 1 fully saturated rings. The number of sulfonamides is 1. The minimum absolute atomic E-state index is 0.0184. The van der Waals surface area contributed by atoms with Gasteiger partial charge in [0.1, 0.15) is 11.8 Å². The van der Waals surface area contributed by atoms with Gasteiger partial charge in [-0.2, -0.15) is 13.1 Å². The van der Waals surface area contributed by atoms with Gasteiger partial charge in [-0.15, -0.1) is 0 Å². The molecule has 1 saturated heterocycles. The highest BCUT2D eigenvalue weighted by Gasteiger charge is 2.42. The number of amides is 2. The highest BCUT2D eigenvalue weighted by molar-refractivity contribution is 7.89. The Labute approximate surface area is 203 Å². The van der Waals surface area contributed by atoms with E-state index in [1.807, 2.05) is 0 Å². The third-order valence-corrected chi connectivity index (χ3v) is 7.46. The average molecular weight is 510 g/mol. The van der Waals surface area contributed by atoms with E-state index in [9.17, 15) is 26.8 Å². The van der Waals surface area contributed by atoms with Crippen molar-refractivity contribution in [2.45, 2.75) is 56.8 Å². The Kier molecular flexibility index (Phi) is 8.11. The summed E-state index contributed by atoms with van der Waals surface area (Å²) >= 11 is 0. The Morgan fingerprint density at radius 1 is 1.09 bits per heavy atom. The van der Waals surface area contributed by atoms with Gasteiger partial charge in [0.25, 0.3) is 0 Å². The van der Waals surface area contributed by atoms with E-state index < -0.39 is 34.1 Å². The summed E-state index contributed by atoms with van der Waals surface area (Å²) in [6.07, 6.45) is -3.14. The van der Waals surface area contributed by atoms with Crippen molar-refractivity contribution < 1.29 is 31.5 Å². The van der Waals surface area contributed by atoms with Crippen molar-refractivity contribution >= 4 is 21.8 Å². The van der Waals surface area contributed by atoms with Crippen LogP contribution in [0.1, 0.15) is 32.8 Å². The zero-order chi connectivity index (χ0) is 25.8. The molecule has 0 saturated carbocycles. The molecule has 0 spiro atoms. The molecule has 0 radical (unpaired) electrons. The second-order valence-corrected chi connectivity index (χ2v) is 10.4. The van der Waals surface area contributed by atoms with Gasteiger partial charge < -0.3 is 15.0 Å². The van der Waals surface area contributed by atoms with Crippen molar-refractivity contribution in [1.82, 2.24) is 14.5 Å². The maximum atomic E-state index is 13.2. The lowest BCUT2D eigenvalue weighted by molar-refractivity contribution is -0.159. The molecule has 0 aliphatic carbocycles. The van der Waals surface area contributed by atoms with Crippen LogP contribution in [0.4, 0.5) is 8.78 Å². The molecule has 1 aliphatic heterocycles. The molecule has 0 aromatic heterocycles. The zero-order valence-corrected chi connectivity index (χ0v) is 20.6. The quantitative estimate of drug-likeness (QED) is 0.590. The van der Waals surface area contributed by atoms with Crippen LogP contribution in [0.3, 0.4) is 0 Å². The fraction of sp³-hybridized carbons (Fsp3) is 0.417. The summed E-state index contributed by atoms with van der Waals surface area (Å²) in [5.41, 5.74) is 0.621. The third-order valence-electron chi connectivity index (χ3n) is 5.62. The molecule has 3 rings (SSSR count). The van der Waals surface area contributed by atoms with Gasteiger partial charge in [-0.1, -0.05) is 37.3 Å². The van der Waals surface area contributed by atoms with Gasteiger partial charge in [-0.3, -0.25) is 9.59 Å². The first-order chi connectivity index (χ1) is 16.4. The number of halogens is 2. The standard InChI is InChI=1S/C24H29F2N3O5S/c1-4-22(30)29-17(2)15-28(35(32,33)20-8-6-5-7-9-20)16-21(29)23(31)27-14-18-10-12-19(13-11-18)34-24(3,25)26/h5-13,17,21H,4,14-16H2,1-3H3,(H,27,31)/t17-,21-/m1/s1. The maximum Gasteiger partial charge on any atom is 0.394 e. The summed E-state index contributed by atoms with van der Waals surface area (Å²) in [6.45, 7) is 3.97. The first kappa shape index (κ1) is 26.6. The molecule has 1 N–H and O–H groups in total. The predicted octanol–water partition coefficient (Wildman–Crippen LogP) is 2.99. The van der Waals surface area contributed by atoms with Crippen molar-refractivity contribution in [3.05, 3.63) is 60.2 Å². The van der Waals surface area contributed by atoms with Gasteiger partial charge in [-0.25, -0.2) is 8.42 Å². The third kappa shape index (κ3) is 6.55. The van der Waals surface area contributed by atoms with Crippen LogP contribution in [-0.4, -0.2) is 60.7 Å². The van der Waals surface area contributed by atoms with E-state index in [0.717, 1.165) is 0 Å². The van der Waals surface area contributed by atoms with Crippen molar-refractivity contribution in [3.8, 4) is 5.75 Å². The Morgan fingerprint density at radius 3 is 2.29 bits per heavy atom. The van der Waals surface area contributed by atoms with Gasteiger partial charge in [0.2, 0.25) is 21.8 Å². The van der Waals surface area contributed by atoms with E-state index in [0.29, 0.717) is 12.5 Å². The summed E-state index contributed by atoms with van der Waals surface area (Å²) in [5, 5.41) is 2.73. The maximum absolute atomic E-state index is 13.2. The van der Waals surface area contributed by atoms with Crippen molar-refractivity contribution in [1.29, 1.82) is 0 Å². The molecule has 1 aliphatic rings. The normalized spacial score (nSPS) is 19.3. The van der Waals surface area contributed by atoms with Crippen molar-refractivity contribution in [3.63, 3.8) is 0 Å². The molecule has 1 heterocycles. The van der Waals surface area contributed by atoms with Gasteiger partial charge in [0.05, 0.1) is 4.90 Å². The van der Waals surface area contributed by atoms with Crippen molar-refractivity contribution in [2.75, 3.05) is 13.1 Å². The molecule has 8 nitrogen and oxygen atoms in total. The summed E-state index contributed by atoms with van der Waals surface area (Å²) in [7, 11) is -3.86. The Morgan fingerprint density at radius 2 is 1.71 bits per heavy atom. The number of hydrogen-bond donors (Lipinski definition) is 1. The van der Waals surface area contributed by atoms with Crippen LogP contribution in [0.5, 0.6) is 5.75 Å². The lowest BCUT2D eigenvalue weighted by Crippen LogP contribution is -2.64. The molecular weight excluding hydrogens is 480 g/mol. The van der Waals surface area contributed by atoms with Crippen LogP contribution >= 0.6 is 0 Å². The van der Waals surface area contributed by atoms with Gasteiger partial charge in [0.15, 0.2) is 0 Å². The second kappa shape index (κ2) is 10.7. The van der Waals surface area contributed by atoms with Crippen LogP contribution in [0, 0.1) is 0 Å². The fourth-order valence-electron chi connectivity index (χ4n) is 3.98. The van der Waals surface area contributed by atoms with E-state index in [2.05, 4.69) is 10.1 Å². The monoisotopic (exact) mass is 509 g/mol. The smallest absolute Gasteiger partial charge is 0.394 e. The first-order valence-corrected chi connectivity index (χ1v) is 12.7. The number of ether oxygens (including phenoxy) is 1. The summed E-state index contributed by atoms with van der Waals surface area (Å²) < 4.78 is 58.1. The topological polar surface area (TPSA) is 96.0 Å². The average Bonchev–Trinajstić information content (AvgIpc) is 2.82. The fourth-order valence-corrected chi connectivity index (χ4v) is 5.53. The number of benzene rings is 2. The SMILES string of the molecule is CCC(=O)N1[C@H](C)CN(S(=O)(=O)c2ccccc2)C[C@@H]1C(=O)NCc1ccc(OC(C)(F)F)cc1. The number of carbonyl (C=O) groups is 2. The first-order valence-electron chi connectivity index (χ1n) is 11.2. The van der Waals surface area contributed by atoms with E-state index in [1.54, 1.807) is 32.0 Å². The molecule has 2 aromatic carbocycles. The molecule has 2 aromatic rings. The minimum atomic E-state index is -3.86. The number of hydrogen-bond acceptors (Lipinski definition) is 5. The molecule has 2 atom stereocenters. The van der Waals surface area contributed by atoms with Crippen LogP contribution < -0.4 is 10.1 Å². The second-order valence-electron chi connectivity index (χ2n) is 8.43. The Bertz CT molecular complexity index is 1140. The van der Waals surface area contributed by atoms with E-state index in [-0.39, 0.29) is 42.6 Å².